The molecule has 2 aliphatic rings. The van der Waals surface area contributed by atoms with E-state index in [1.165, 1.54) is 19.3 Å². The minimum absolute atomic E-state index is 0.144. The summed E-state index contributed by atoms with van der Waals surface area (Å²) in [5.74, 6) is -3.77. The van der Waals surface area contributed by atoms with Crippen molar-refractivity contribution in [1.29, 1.82) is 0 Å². The number of aliphatic hydroxyl groups is 8. The number of allylic oxidation sites excluding steroid dienone is 4. The third-order valence-electron chi connectivity index (χ3n) is 8.10. The molecule has 244 valence electrons. The largest absolute Gasteiger partial charge is 0.427 e. The molecule has 9 atom stereocenters. The van der Waals surface area contributed by atoms with E-state index in [4.69, 9.17) is 14.2 Å². The molecule has 8 N–H and O–H groups in total. The molecule has 0 radical (unpaired) electrons. The van der Waals surface area contributed by atoms with Crippen molar-refractivity contribution in [3.63, 3.8) is 0 Å². The van der Waals surface area contributed by atoms with Crippen LogP contribution in [-0.4, -0.2) is 121 Å². The highest BCUT2D eigenvalue weighted by Gasteiger charge is 2.74. The Morgan fingerprint density at radius 1 is 0.714 bits per heavy atom. The highest BCUT2D eigenvalue weighted by Crippen LogP contribution is 2.48. The fourth-order valence-corrected chi connectivity index (χ4v) is 5.53. The molecule has 2 aliphatic heterocycles. The normalized spacial score (nSPS) is 35.4. The van der Waals surface area contributed by atoms with E-state index < -0.39 is 79.9 Å². The van der Waals surface area contributed by atoms with Gasteiger partial charge >= 0.3 is 5.97 Å². The summed E-state index contributed by atoms with van der Waals surface area (Å²) in [4.78, 5) is 13.0. The van der Waals surface area contributed by atoms with E-state index in [2.05, 4.69) is 31.2 Å². The van der Waals surface area contributed by atoms with Gasteiger partial charge in [-0.15, -0.1) is 0 Å². The maximum absolute atomic E-state index is 13.0. The van der Waals surface area contributed by atoms with Crippen molar-refractivity contribution in [3.05, 3.63) is 24.3 Å². The second-order valence-electron chi connectivity index (χ2n) is 11.2. The predicted molar refractivity (Wildman–Crippen MR) is 152 cm³/mol. The smallest absolute Gasteiger partial charge is 0.308 e. The lowest BCUT2D eigenvalue weighted by Gasteiger charge is -2.54. The van der Waals surface area contributed by atoms with Gasteiger partial charge in [0.25, 0.3) is 5.79 Å². The number of esters is 1. The van der Waals surface area contributed by atoms with E-state index in [9.17, 15) is 45.6 Å². The van der Waals surface area contributed by atoms with Crippen LogP contribution in [-0.2, 0) is 19.0 Å². The molecule has 0 aromatic carbocycles. The Bertz CT molecular complexity index is 835. The lowest BCUT2D eigenvalue weighted by Crippen LogP contribution is -2.78. The Balaban J connectivity index is 1.92. The molecule has 0 aromatic rings. The van der Waals surface area contributed by atoms with Gasteiger partial charge in [-0.25, -0.2) is 0 Å². The van der Waals surface area contributed by atoms with Gasteiger partial charge in [-0.3, -0.25) is 4.79 Å². The Morgan fingerprint density at radius 2 is 1.29 bits per heavy atom. The number of hydrogen-bond donors (Lipinski definition) is 8. The zero-order chi connectivity index (χ0) is 31.2. The Kier molecular flexibility index (Phi) is 16.1. The first kappa shape index (κ1) is 36.7. The molecule has 0 aliphatic carbocycles. The van der Waals surface area contributed by atoms with E-state index >= 15 is 0 Å². The topological polar surface area (TPSA) is 207 Å². The fraction of sp³-hybridized carbons (Fsp3) is 0.833. The average Bonchev–Trinajstić information content (AvgIpc) is 3.25. The molecule has 12 heteroatoms. The van der Waals surface area contributed by atoms with Crippen molar-refractivity contribution in [1.82, 2.24) is 0 Å². The van der Waals surface area contributed by atoms with Crippen LogP contribution in [0.5, 0.6) is 0 Å². The monoisotopic (exact) mass is 604 g/mol. The summed E-state index contributed by atoms with van der Waals surface area (Å²) in [7, 11) is 0. The van der Waals surface area contributed by atoms with Crippen LogP contribution in [0.1, 0.15) is 84.0 Å². The van der Waals surface area contributed by atoms with Crippen molar-refractivity contribution in [2.45, 2.75) is 138 Å². The number of aliphatic hydroxyl groups excluding tert-OH is 8. The molecule has 2 fully saturated rings. The zero-order valence-corrected chi connectivity index (χ0v) is 24.7. The van der Waals surface area contributed by atoms with Crippen molar-refractivity contribution < 1.29 is 59.9 Å². The molecule has 0 bridgehead atoms. The first-order chi connectivity index (χ1) is 20.2. The lowest BCUT2D eigenvalue weighted by molar-refractivity contribution is -0.415. The number of unbranched alkanes of at least 4 members (excludes halogenated alkanes) is 8. The lowest BCUT2D eigenvalue weighted by atomic mass is 9.78. The van der Waals surface area contributed by atoms with Crippen LogP contribution in [0, 0.1) is 0 Å². The quantitative estimate of drug-likeness (QED) is 0.0571. The predicted octanol–water partition coefficient (Wildman–Crippen LogP) is 0.357. The first-order valence-corrected chi connectivity index (χ1v) is 15.3. The Hall–Kier alpha value is -1.45. The van der Waals surface area contributed by atoms with Gasteiger partial charge in [0.05, 0.1) is 19.8 Å². The fourth-order valence-electron chi connectivity index (χ4n) is 5.53. The zero-order valence-electron chi connectivity index (χ0n) is 24.7. The van der Waals surface area contributed by atoms with Crippen LogP contribution in [0.4, 0.5) is 0 Å². The van der Waals surface area contributed by atoms with E-state index in [1.54, 1.807) is 0 Å². The van der Waals surface area contributed by atoms with Crippen LogP contribution in [0.15, 0.2) is 24.3 Å². The average molecular weight is 605 g/mol. The van der Waals surface area contributed by atoms with E-state index in [-0.39, 0.29) is 6.42 Å². The third-order valence-corrected chi connectivity index (χ3v) is 8.10. The summed E-state index contributed by atoms with van der Waals surface area (Å²) >= 11 is 0. The molecule has 0 spiro atoms. The van der Waals surface area contributed by atoms with E-state index in [0.717, 1.165) is 38.5 Å². The van der Waals surface area contributed by atoms with Gasteiger partial charge < -0.3 is 55.1 Å². The Morgan fingerprint density at radius 3 is 1.86 bits per heavy atom. The molecule has 0 amide bonds. The highest BCUT2D eigenvalue weighted by atomic mass is 16.8. The highest BCUT2D eigenvalue weighted by molar-refractivity contribution is 5.70. The second kappa shape index (κ2) is 18.4. The maximum atomic E-state index is 13.0. The van der Waals surface area contributed by atoms with Crippen LogP contribution < -0.4 is 0 Å². The number of ether oxygens (including phenoxy) is 3. The molecular formula is C30H52O12. The van der Waals surface area contributed by atoms with Gasteiger partial charge in [-0.2, -0.15) is 0 Å². The summed E-state index contributed by atoms with van der Waals surface area (Å²) in [5.41, 5.74) is -2.57. The number of carbonyl (C=O) groups is 1. The maximum Gasteiger partial charge on any atom is 0.308 e. The standard InChI is InChI=1S/C30H52O12/c1-2-3-4-5-6-7-8-9-10-11-12-13-14-15-16-17-23(34)42-30(28(39)26(37)24(35)21(18-31)41-30)29(20-33)27(38)25(36)22(19-32)40-29/h6-7,9-10,21-22,24-28,31-33,35-39H,2-5,8,11-20H2,1H3/t21-,22-,24+,25+,26+,27+,28-,29+,30+/m1/s1. The number of carbonyl (C=O) groups excluding carboxylic acids is 1. The summed E-state index contributed by atoms with van der Waals surface area (Å²) in [6, 6.07) is 0. The summed E-state index contributed by atoms with van der Waals surface area (Å²) in [6.07, 6.45) is 6.26. The summed E-state index contributed by atoms with van der Waals surface area (Å²) in [5, 5.41) is 82.6. The Labute approximate surface area is 248 Å². The molecule has 2 heterocycles. The van der Waals surface area contributed by atoms with Crippen LogP contribution in [0.25, 0.3) is 0 Å². The van der Waals surface area contributed by atoms with Crippen LogP contribution in [0.3, 0.4) is 0 Å². The minimum Gasteiger partial charge on any atom is -0.427 e. The first-order valence-electron chi connectivity index (χ1n) is 15.3. The molecular weight excluding hydrogens is 552 g/mol. The van der Waals surface area contributed by atoms with Gasteiger partial charge in [0.2, 0.25) is 0 Å². The second-order valence-corrected chi connectivity index (χ2v) is 11.2. The van der Waals surface area contributed by atoms with Gasteiger partial charge in [0.1, 0.15) is 36.6 Å². The minimum atomic E-state index is -2.84. The molecule has 42 heavy (non-hydrogen) atoms. The number of rotatable bonds is 19. The van der Waals surface area contributed by atoms with Crippen LogP contribution >= 0.6 is 0 Å². The molecule has 0 aromatic heterocycles. The molecule has 0 unspecified atom stereocenters. The van der Waals surface area contributed by atoms with E-state index in [0.29, 0.717) is 12.8 Å². The number of hydrogen-bond acceptors (Lipinski definition) is 12. The molecule has 2 saturated heterocycles. The van der Waals surface area contributed by atoms with E-state index in [1.807, 2.05) is 0 Å². The van der Waals surface area contributed by atoms with Crippen molar-refractivity contribution in [3.8, 4) is 0 Å². The van der Waals surface area contributed by atoms with Gasteiger partial charge in [-0.1, -0.05) is 63.3 Å². The van der Waals surface area contributed by atoms with Gasteiger partial charge in [0, 0.05) is 6.42 Å². The summed E-state index contributed by atoms with van der Waals surface area (Å²) < 4.78 is 16.7. The third kappa shape index (κ3) is 8.81. The summed E-state index contributed by atoms with van der Waals surface area (Å²) in [6.45, 7) is -0.686. The SMILES string of the molecule is CCCCCC=CCC=CCCCCCCCC(=O)O[C@@]1([C@@]2(CO)O[C@H](CO)[C@H](O)[C@@H]2O)O[C@H](CO)[C@H](O)[C@H](O)[C@H]1O. The molecule has 12 nitrogen and oxygen atoms in total. The van der Waals surface area contributed by atoms with Crippen molar-refractivity contribution in [2.24, 2.45) is 0 Å². The van der Waals surface area contributed by atoms with Crippen LogP contribution in [0.2, 0.25) is 0 Å². The molecule has 2 rings (SSSR count). The van der Waals surface area contributed by atoms with Crippen molar-refractivity contribution in [2.75, 3.05) is 19.8 Å². The van der Waals surface area contributed by atoms with Gasteiger partial charge in [0.15, 0.2) is 11.7 Å². The van der Waals surface area contributed by atoms with Gasteiger partial charge in [-0.05, 0) is 38.5 Å². The molecule has 0 saturated carbocycles. The van der Waals surface area contributed by atoms with Crippen molar-refractivity contribution >= 4 is 5.97 Å².